The highest BCUT2D eigenvalue weighted by Gasteiger charge is 2.29. The molecule has 0 saturated carbocycles. The van der Waals surface area contributed by atoms with Crippen molar-refractivity contribution in [1.82, 2.24) is 0 Å². The second-order valence-corrected chi connectivity index (χ2v) is 4.37. The molecule has 0 fully saturated rings. The van der Waals surface area contributed by atoms with E-state index in [1.165, 1.54) is 0 Å². The predicted molar refractivity (Wildman–Crippen MR) is 46.7 cm³/mol. The molecular formula is C8H7F3O3S. The van der Waals surface area contributed by atoms with Crippen molar-refractivity contribution in [2.45, 2.75) is 11.9 Å². The summed E-state index contributed by atoms with van der Waals surface area (Å²) in [7, 11) is -4.21. The number of hydrogen-bond donors (Lipinski definition) is 1. The highest BCUT2D eigenvalue weighted by atomic mass is 32.2. The van der Waals surface area contributed by atoms with Crippen molar-refractivity contribution >= 4 is 10.1 Å². The van der Waals surface area contributed by atoms with Crippen LogP contribution in [0.2, 0.25) is 0 Å². The van der Waals surface area contributed by atoms with Crippen LogP contribution in [0, 0.1) is 0 Å². The summed E-state index contributed by atoms with van der Waals surface area (Å²) < 4.78 is 65.6. The molecule has 1 N–H and O–H groups in total. The molecule has 0 aliphatic heterocycles. The average Bonchev–Trinajstić information content (AvgIpc) is 2.00. The van der Waals surface area contributed by atoms with Crippen molar-refractivity contribution in [3.05, 3.63) is 35.4 Å². The van der Waals surface area contributed by atoms with Crippen LogP contribution in [0.5, 0.6) is 0 Å². The van der Waals surface area contributed by atoms with Gasteiger partial charge in [0.15, 0.2) is 0 Å². The minimum absolute atomic E-state index is 0.102. The van der Waals surface area contributed by atoms with Crippen LogP contribution < -0.4 is 0 Å². The molecule has 1 aromatic carbocycles. The second-order valence-electron chi connectivity index (χ2n) is 2.92. The molecule has 84 valence electrons. The lowest BCUT2D eigenvalue weighted by Crippen LogP contribution is -2.06. The number of hydrogen-bond acceptors (Lipinski definition) is 2. The van der Waals surface area contributed by atoms with E-state index in [-0.39, 0.29) is 5.56 Å². The summed E-state index contributed by atoms with van der Waals surface area (Å²) in [6, 6.07) is 3.55. The third-order valence-electron chi connectivity index (χ3n) is 1.63. The third kappa shape index (κ3) is 3.88. The molecule has 0 unspecified atom stereocenters. The minimum Gasteiger partial charge on any atom is -0.285 e. The lowest BCUT2D eigenvalue weighted by atomic mass is 10.1. The molecule has 0 heterocycles. The first-order valence-electron chi connectivity index (χ1n) is 3.80. The van der Waals surface area contributed by atoms with Crippen molar-refractivity contribution < 1.29 is 26.1 Å². The van der Waals surface area contributed by atoms with Gasteiger partial charge in [-0.25, -0.2) is 0 Å². The van der Waals surface area contributed by atoms with E-state index >= 15 is 0 Å². The van der Waals surface area contributed by atoms with Gasteiger partial charge in [0.2, 0.25) is 0 Å². The molecule has 1 aromatic rings. The van der Waals surface area contributed by atoms with Gasteiger partial charge in [-0.15, -0.1) is 0 Å². The number of alkyl halides is 3. The van der Waals surface area contributed by atoms with E-state index in [2.05, 4.69) is 0 Å². The topological polar surface area (TPSA) is 54.4 Å². The van der Waals surface area contributed by atoms with Gasteiger partial charge < -0.3 is 0 Å². The summed E-state index contributed by atoms with van der Waals surface area (Å²) >= 11 is 0. The van der Waals surface area contributed by atoms with E-state index in [0.717, 1.165) is 24.3 Å². The highest BCUT2D eigenvalue weighted by molar-refractivity contribution is 7.85. The molecule has 0 saturated heterocycles. The Morgan fingerprint density at radius 3 is 1.93 bits per heavy atom. The van der Waals surface area contributed by atoms with Crippen LogP contribution in [0.25, 0.3) is 0 Å². The van der Waals surface area contributed by atoms with Crippen LogP contribution in [-0.4, -0.2) is 13.0 Å². The Labute approximate surface area is 84.3 Å². The largest absolute Gasteiger partial charge is 0.416 e. The fourth-order valence-electron chi connectivity index (χ4n) is 1.00. The monoisotopic (exact) mass is 240 g/mol. The van der Waals surface area contributed by atoms with Crippen LogP contribution >= 0.6 is 0 Å². The molecule has 15 heavy (non-hydrogen) atoms. The predicted octanol–water partition coefficient (Wildman–Crippen LogP) is 2.09. The summed E-state index contributed by atoms with van der Waals surface area (Å²) in [5.74, 6) is -0.689. The summed E-state index contributed by atoms with van der Waals surface area (Å²) in [6.45, 7) is 0. The Kier molecular flexibility index (Phi) is 3.05. The summed E-state index contributed by atoms with van der Waals surface area (Å²) in [6.07, 6.45) is -4.45. The maximum absolute atomic E-state index is 12.1. The van der Waals surface area contributed by atoms with Gasteiger partial charge in [-0.2, -0.15) is 21.6 Å². The zero-order valence-corrected chi connectivity index (χ0v) is 8.14. The quantitative estimate of drug-likeness (QED) is 0.805. The smallest absolute Gasteiger partial charge is 0.285 e. The van der Waals surface area contributed by atoms with Crippen LogP contribution in [-0.2, 0) is 22.0 Å². The maximum atomic E-state index is 12.1. The minimum atomic E-state index is -4.45. The van der Waals surface area contributed by atoms with Crippen LogP contribution in [0.1, 0.15) is 11.1 Å². The molecule has 0 spiro atoms. The molecule has 0 aliphatic rings. The Bertz CT molecular complexity index is 433. The Hall–Kier alpha value is -1.08. The lowest BCUT2D eigenvalue weighted by Gasteiger charge is -2.06. The molecular weight excluding hydrogens is 233 g/mol. The standard InChI is InChI=1S/C8H7F3O3S/c9-8(10,11)7-3-1-6(2-4-7)5-15(12,13)14/h1-4H,5H2,(H,12,13,14). The molecule has 0 aromatic heterocycles. The van der Waals surface area contributed by atoms with Gasteiger partial charge in [-0.3, -0.25) is 4.55 Å². The van der Waals surface area contributed by atoms with E-state index in [1.807, 2.05) is 0 Å². The van der Waals surface area contributed by atoms with Gasteiger partial charge >= 0.3 is 6.18 Å². The van der Waals surface area contributed by atoms with E-state index in [4.69, 9.17) is 4.55 Å². The number of halogens is 3. The summed E-state index contributed by atoms with van der Waals surface area (Å²) in [4.78, 5) is 0. The zero-order chi connectivity index (χ0) is 11.7. The van der Waals surface area contributed by atoms with Crippen LogP contribution in [0.15, 0.2) is 24.3 Å². The molecule has 0 aliphatic carbocycles. The first-order chi connectivity index (χ1) is 6.68. The third-order valence-corrected chi connectivity index (χ3v) is 2.33. The Morgan fingerprint density at radius 2 is 1.60 bits per heavy atom. The van der Waals surface area contributed by atoms with Crippen molar-refractivity contribution in [2.24, 2.45) is 0 Å². The average molecular weight is 240 g/mol. The van der Waals surface area contributed by atoms with Crippen LogP contribution in [0.4, 0.5) is 13.2 Å². The Morgan fingerprint density at radius 1 is 1.13 bits per heavy atom. The molecule has 1 rings (SSSR count). The lowest BCUT2D eigenvalue weighted by molar-refractivity contribution is -0.137. The van der Waals surface area contributed by atoms with Gasteiger partial charge in [0.1, 0.15) is 5.75 Å². The SMILES string of the molecule is O=S(=O)(O)Cc1ccc(C(F)(F)F)cc1. The van der Waals surface area contributed by atoms with Gasteiger partial charge in [-0.1, -0.05) is 12.1 Å². The molecule has 0 radical (unpaired) electrons. The fraction of sp³-hybridized carbons (Fsp3) is 0.250. The molecule has 3 nitrogen and oxygen atoms in total. The normalized spacial score (nSPS) is 12.8. The first-order valence-corrected chi connectivity index (χ1v) is 5.41. The van der Waals surface area contributed by atoms with E-state index in [1.54, 1.807) is 0 Å². The van der Waals surface area contributed by atoms with Crippen molar-refractivity contribution in [2.75, 3.05) is 0 Å². The maximum Gasteiger partial charge on any atom is 0.416 e. The van der Waals surface area contributed by atoms with E-state index in [0.29, 0.717) is 0 Å². The van der Waals surface area contributed by atoms with Crippen molar-refractivity contribution in [3.8, 4) is 0 Å². The van der Waals surface area contributed by atoms with Crippen molar-refractivity contribution in [1.29, 1.82) is 0 Å². The molecule has 0 bridgehead atoms. The first kappa shape index (κ1) is 12.0. The Balaban J connectivity index is 2.91. The fourth-order valence-corrected chi connectivity index (χ4v) is 1.61. The molecule has 0 amide bonds. The van der Waals surface area contributed by atoms with Gasteiger partial charge in [0.25, 0.3) is 10.1 Å². The second kappa shape index (κ2) is 3.82. The number of rotatable bonds is 2. The van der Waals surface area contributed by atoms with Crippen molar-refractivity contribution in [3.63, 3.8) is 0 Å². The number of benzene rings is 1. The summed E-state index contributed by atoms with van der Waals surface area (Å²) in [5, 5.41) is 0. The van der Waals surface area contributed by atoms with E-state index < -0.39 is 27.6 Å². The van der Waals surface area contributed by atoms with E-state index in [9.17, 15) is 21.6 Å². The summed E-state index contributed by atoms with van der Waals surface area (Å²) in [5.41, 5.74) is -0.757. The zero-order valence-electron chi connectivity index (χ0n) is 7.32. The van der Waals surface area contributed by atoms with Gasteiger partial charge in [0, 0.05) is 0 Å². The van der Waals surface area contributed by atoms with Gasteiger partial charge in [-0.05, 0) is 17.7 Å². The van der Waals surface area contributed by atoms with Crippen LogP contribution in [0.3, 0.4) is 0 Å². The molecule has 7 heteroatoms. The van der Waals surface area contributed by atoms with Gasteiger partial charge in [0.05, 0.1) is 5.56 Å². The molecule has 0 atom stereocenters. The highest BCUT2D eigenvalue weighted by Crippen LogP contribution is 2.29.